The number of hydrogen-bond acceptors (Lipinski definition) is 5. The van der Waals surface area contributed by atoms with Crippen LogP contribution in [0.3, 0.4) is 0 Å². The summed E-state index contributed by atoms with van der Waals surface area (Å²) in [6, 6.07) is 0. The third kappa shape index (κ3) is 7.21. The fourth-order valence-electron chi connectivity index (χ4n) is 4.81. The molecule has 1 aliphatic carbocycles. The number of carbonyl (C=O) groups is 2. The maximum absolute atomic E-state index is 14.5. The van der Waals surface area contributed by atoms with Gasteiger partial charge in [0.1, 0.15) is 5.78 Å². The van der Waals surface area contributed by atoms with Gasteiger partial charge in [0, 0.05) is 31.6 Å². The largest absolute Gasteiger partial charge is 0.466 e. The van der Waals surface area contributed by atoms with Crippen LogP contribution in [0.4, 0.5) is 8.78 Å². The third-order valence-corrected chi connectivity index (χ3v) is 6.80. The molecule has 1 saturated carbocycles. The molecule has 7 heteroatoms. The Hall–Kier alpha value is -1.08. The van der Waals surface area contributed by atoms with E-state index in [2.05, 4.69) is 0 Å². The summed E-state index contributed by atoms with van der Waals surface area (Å²) in [6.07, 6.45) is 6.81. The van der Waals surface area contributed by atoms with Crippen LogP contribution < -0.4 is 0 Å². The summed E-state index contributed by atoms with van der Waals surface area (Å²) in [6.45, 7) is 4.37. The minimum absolute atomic E-state index is 0.0654. The van der Waals surface area contributed by atoms with E-state index in [1.165, 1.54) is 0 Å². The summed E-state index contributed by atoms with van der Waals surface area (Å²) in [5.41, 5.74) is 0. The van der Waals surface area contributed by atoms with Crippen LogP contribution >= 0.6 is 0 Å². The molecule has 180 valence electrons. The molecular weight excluding hydrogens is 406 g/mol. The number of aliphatic hydroxyl groups is 1. The van der Waals surface area contributed by atoms with Crippen LogP contribution in [0.2, 0.25) is 0 Å². The highest BCUT2D eigenvalue weighted by molar-refractivity contribution is 5.84. The first kappa shape index (κ1) is 26.2. The highest BCUT2D eigenvalue weighted by atomic mass is 19.3. The fraction of sp³-hybridized carbons (Fsp3) is 0.917. The molecule has 5 nitrogen and oxygen atoms in total. The van der Waals surface area contributed by atoms with Gasteiger partial charge in [-0.05, 0) is 38.0 Å². The summed E-state index contributed by atoms with van der Waals surface area (Å²) < 4.78 is 39.6. The van der Waals surface area contributed by atoms with Crippen molar-refractivity contribution in [3.05, 3.63) is 0 Å². The van der Waals surface area contributed by atoms with E-state index in [1.807, 2.05) is 13.8 Å². The molecule has 0 aromatic rings. The molecule has 2 rings (SSSR count). The molecule has 1 saturated heterocycles. The Labute approximate surface area is 185 Å². The lowest BCUT2D eigenvalue weighted by molar-refractivity contribution is -0.356. The minimum atomic E-state index is -3.30. The first-order valence-electron chi connectivity index (χ1n) is 12.2. The van der Waals surface area contributed by atoms with Gasteiger partial charge in [-0.1, -0.05) is 46.0 Å². The van der Waals surface area contributed by atoms with Crippen molar-refractivity contribution >= 4 is 11.8 Å². The molecule has 0 bridgehead atoms. The van der Waals surface area contributed by atoms with Crippen molar-refractivity contribution in [3.8, 4) is 0 Å². The zero-order chi connectivity index (χ0) is 22.9. The number of halogens is 2. The number of carbonyl (C=O) groups excluding carboxylic acids is 2. The summed E-state index contributed by atoms with van der Waals surface area (Å²) in [7, 11) is 0. The van der Waals surface area contributed by atoms with Crippen LogP contribution in [0.1, 0.15) is 104 Å². The molecule has 0 aromatic carbocycles. The van der Waals surface area contributed by atoms with Crippen LogP contribution in [0.15, 0.2) is 0 Å². The second-order valence-corrected chi connectivity index (χ2v) is 9.26. The molecule has 0 unspecified atom stereocenters. The summed E-state index contributed by atoms with van der Waals surface area (Å²) in [5, 5.41) is 10.5. The highest BCUT2D eigenvalue weighted by Gasteiger charge is 2.59. The van der Waals surface area contributed by atoms with Gasteiger partial charge in [-0.3, -0.25) is 9.59 Å². The van der Waals surface area contributed by atoms with E-state index in [4.69, 9.17) is 9.47 Å². The number of ketones is 1. The summed E-state index contributed by atoms with van der Waals surface area (Å²) in [4.78, 5) is 24.1. The van der Waals surface area contributed by atoms with Crippen LogP contribution in [0.25, 0.3) is 0 Å². The van der Waals surface area contributed by atoms with E-state index in [0.717, 1.165) is 44.9 Å². The van der Waals surface area contributed by atoms with Gasteiger partial charge in [-0.2, -0.15) is 0 Å². The molecule has 0 spiro atoms. The number of esters is 1. The van der Waals surface area contributed by atoms with Crippen molar-refractivity contribution in [2.24, 2.45) is 11.8 Å². The van der Waals surface area contributed by atoms with E-state index in [1.54, 1.807) is 0 Å². The number of fused-ring (bicyclic) bond motifs is 1. The lowest BCUT2D eigenvalue weighted by Crippen LogP contribution is -2.55. The number of Topliss-reactive ketones (excluding diaryl/α,β-unsaturated/α-hetero) is 1. The average Bonchev–Trinajstić information content (AvgIpc) is 3.03. The van der Waals surface area contributed by atoms with Gasteiger partial charge in [0.05, 0.1) is 12.7 Å². The minimum Gasteiger partial charge on any atom is -0.466 e. The van der Waals surface area contributed by atoms with Gasteiger partial charge in [-0.15, -0.1) is 0 Å². The van der Waals surface area contributed by atoms with Gasteiger partial charge in [0.15, 0.2) is 0 Å². The smallest absolute Gasteiger partial charge is 0.305 e. The van der Waals surface area contributed by atoms with Gasteiger partial charge < -0.3 is 14.6 Å². The second-order valence-electron chi connectivity index (χ2n) is 9.26. The predicted molar refractivity (Wildman–Crippen MR) is 114 cm³/mol. The van der Waals surface area contributed by atoms with Crippen molar-refractivity contribution in [1.29, 1.82) is 0 Å². The van der Waals surface area contributed by atoms with Crippen molar-refractivity contribution in [2.45, 2.75) is 122 Å². The van der Waals surface area contributed by atoms with Crippen molar-refractivity contribution in [2.75, 3.05) is 6.61 Å². The zero-order valence-electron chi connectivity index (χ0n) is 19.2. The van der Waals surface area contributed by atoms with Gasteiger partial charge in [0.25, 0.3) is 0 Å². The molecule has 0 radical (unpaired) electrons. The molecule has 1 heterocycles. The molecule has 2 fully saturated rings. The molecule has 0 amide bonds. The van der Waals surface area contributed by atoms with Crippen LogP contribution in [-0.4, -0.2) is 41.3 Å². The Kier molecular flexibility index (Phi) is 10.3. The number of unbranched alkanes of at least 4 members (excludes halogenated alkanes) is 5. The number of rotatable bonds is 14. The van der Waals surface area contributed by atoms with E-state index >= 15 is 0 Å². The summed E-state index contributed by atoms with van der Waals surface area (Å²) >= 11 is 0. The fourth-order valence-corrected chi connectivity index (χ4v) is 4.81. The molecule has 1 aliphatic heterocycles. The number of ether oxygens (including phenoxy) is 2. The second kappa shape index (κ2) is 12.2. The first-order valence-corrected chi connectivity index (χ1v) is 12.2. The van der Waals surface area contributed by atoms with E-state index in [9.17, 15) is 23.5 Å². The standard InChI is InChI=1S/C24H40F2O5/c1-3-5-14-23(25,26)24(29)15-13-19-18(20(27)17-21(19)31-24)11-9-7-8-10-12-22(28)30-16-6-4-2/h18-19,21,29H,3-17H2,1-2H3/t18-,19-,21-,24-/m1/s1. The lowest BCUT2D eigenvalue weighted by atomic mass is 9.81. The van der Waals surface area contributed by atoms with Crippen LogP contribution in [0, 0.1) is 11.8 Å². The molecule has 2 aliphatic rings. The topological polar surface area (TPSA) is 72.8 Å². The Morgan fingerprint density at radius 2 is 1.87 bits per heavy atom. The highest BCUT2D eigenvalue weighted by Crippen LogP contribution is 2.49. The molecular formula is C24H40F2O5. The predicted octanol–water partition coefficient (Wildman–Crippen LogP) is 5.57. The molecule has 4 atom stereocenters. The maximum Gasteiger partial charge on any atom is 0.305 e. The van der Waals surface area contributed by atoms with E-state index < -0.39 is 24.2 Å². The van der Waals surface area contributed by atoms with Crippen LogP contribution in [-0.2, 0) is 19.1 Å². The summed E-state index contributed by atoms with van der Waals surface area (Å²) in [5.74, 6) is -6.08. The monoisotopic (exact) mass is 446 g/mol. The van der Waals surface area contributed by atoms with E-state index in [-0.39, 0.29) is 36.4 Å². The first-order chi connectivity index (χ1) is 14.7. The van der Waals surface area contributed by atoms with Crippen molar-refractivity contribution in [3.63, 3.8) is 0 Å². The van der Waals surface area contributed by atoms with Gasteiger partial charge in [-0.25, -0.2) is 8.78 Å². The Morgan fingerprint density at radius 3 is 2.58 bits per heavy atom. The average molecular weight is 447 g/mol. The quantitative estimate of drug-likeness (QED) is 0.279. The van der Waals surface area contributed by atoms with Crippen molar-refractivity contribution in [1.82, 2.24) is 0 Å². The molecule has 1 N–H and O–H groups in total. The van der Waals surface area contributed by atoms with Crippen LogP contribution in [0.5, 0.6) is 0 Å². The normalized spacial score (nSPS) is 28.5. The maximum atomic E-state index is 14.5. The number of hydrogen-bond donors (Lipinski definition) is 1. The van der Waals surface area contributed by atoms with E-state index in [0.29, 0.717) is 32.3 Å². The Morgan fingerprint density at radius 1 is 1.16 bits per heavy atom. The Balaban J connectivity index is 1.71. The Bertz CT molecular complexity index is 582. The molecule has 0 aromatic heterocycles. The SMILES string of the molecule is CCCCOC(=O)CCCCCC[C@H]1C(=O)C[C@H]2O[C@@](O)(C(F)(F)CCCC)CC[C@@H]21. The van der Waals surface area contributed by atoms with Gasteiger partial charge >= 0.3 is 11.9 Å². The molecule has 31 heavy (non-hydrogen) atoms. The zero-order valence-corrected chi connectivity index (χ0v) is 19.2. The van der Waals surface area contributed by atoms with Crippen molar-refractivity contribution < 1.29 is 33.0 Å². The third-order valence-electron chi connectivity index (χ3n) is 6.80. The lowest BCUT2D eigenvalue weighted by Gasteiger charge is -2.43. The number of alkyl halides is 2. The van der Waals surface area contributed by atoms with Gasteiger partial charge in [0.2, 0.25) is 5.79 Å².